The minimum atomic E-state index is 0.201. The van der Waals surface area contributed by atoms with Crippen LogP contribution in [0.3, 0.4) is 0 Å². The van der Waals surface area contributed by atoms with Crippen LogP contribution in [-0.4, -0.2) is 54.0 Å². The molecule has 120 valence electrons. The molecule has 21 heavy (non-hydrogen) atoms. The summed E-state index contributed by atoms with van der Waals surface area (Å²) in [5.74, 6) is 0.588. The van der Waals surface area contributed by atoms with Gasteiger partial charge in [-0.2, -0.15) is 0 Å². The van der Waals surface area contributed by atoms with E-state index < -0.39 is 0 Å². The van der Waals surface area contributed by atoms with Crippen LogP contribution in [0.15, 0.2) is 0 Å². The summed E-state index contributed by atoms with van der Waals surface area (Å²) in [5.41, 5.74) is 6.05. The van der Waals surface area contributed by atoms with E-state index in [4.69, 9.17) is 5.73 Å². The van der Waals surface area contributed by atoms with Crippen molar-refractivity contribution in [1.29, 1.82) is 0 Å². The highest BCUT2D eigenvalue weighted by Gasteiger charge is 2.31. The van der Waals surface area contributed by atoms with Crippen molar-refractivity contribution in [2.75, 3.05) is 26.2 Å². The van der Waals surface area contributed by atoms with E-state index in [2.05, 4.69) is 9.80 Å². The lowest BCUT2D eigenvalue weighted by molar-refractivity contribution is -0.136. The third-order valence-electron chi connectivity index (χ3n) is 5.75. The third-order valence-corrected chi connectivity index (χ3v) is 5.75. The van der Waals surface area contributed by atoms with Gasteiger partial charge in [-0.1, -0.05) is 19.3 Å². The summed E-state index contributed by atoms with van der Waals surface area (Å²) in [7, 11) is 0. The predicted molar refractivity (Wildman–Crippen MR) is 85.0 cm³/mol. The van der Waals surface area contributed by atoms with Gasteiger partial charge in [-0.15, -0.1) is 0 Å². The van der Waals surface area contributed by atoms with Gasteiger partial charge in [0.2, 0.25) is 5.91 Å². The monoisotopic (exact) mass is 293 g/mol. The van der Waals surface area contributed by atoms with Crippen molar-refractivity contribution in [2.24, 2.45) is 11.7 Å². The topological polar surface area (TPSA) is 49.6 Å². The lowest BCUT2D eigenvalue weighted by Crippen LogP contribution is -2.43. The Hall–Kier alpha value is -0.610. The van der Waals surface area contributed by atoms with Crippen molar-refractivity contribution in [3.8, 4) is 0 Å². The SMILES string of the molecule is NC1CCCC(C(=O)N2CCCN(C3CCCC3)CC2)C1. The first-order chi connectivity index (χ1) is 10.2. The van der Waals surface area contributed by atoms with Gasteiger partial charge in [0.05, 0.1) is 0 Å². The summed E-state index contributed by atoms with van der Waals surface area (Å²) in [6.07, 6.45) is 10.8. The number of hydrogen-bond acceptors (Lipinski definition) is 3. The molecule has 1 saturated heterocycles. The van der Waals surface area contributed by atoms with Gasteiger partial charge < -0.3 is 10.6 Å². The second-order valence-corrected chi connectivity index (χ2v) is 7.28. The Morgan fingerprint density at radius 1 is 0.857 bits per heavy atom. The van der Waals surface area contributed by atoms with Crippen LogP contribution in [0.2, 0.25) is 0 Å². The van der Waals surface area contributed by atoms with E-state index >= 15 is 0 Å². The number of carbonyl (C=O) groups is 1. The molecule has 3 fully saturated rings. The molecule has 3 aliphatic rings. The first-order valence-corrected chi connectivity index (χ1v) is 9.02. The summed E-state index contributed by atoms with van der Waals surface area (Å²) in [6, 6.07) is 1.04. The van der Waals surface area contributed by atoms with Crippen molar-refractivity contribution >= 4 is 5.91 Å². The lowest BCUT2D eigenvalue weighted by atomic mass is 9.85. The molecular formula is C17H31N3O. The maximum absolute atomic E-state index is 12.7. The van der Waals surface area contributed by atoms with Crippen LogP contribution >= 0.6 is 0 Å². The summed E-state index contributed by atoms with van der Waals surface area (Å²) >= 11 is 0. The number of hydrogen-bond donors (Lipinski definition) is 1. The van der Waals surface area contributed by atoms with Gasteiger partial charge in [-0.3, -0.25) is 9.69 Å². The molecule has 0 aromatic rings. The fraction of sp³-hybridized carbons (Fsp3) is 0.941. The minimum absolute atomic E-state index is 0.201. The van der Waals surface area contributed by atoms with E-state index in [1.54, 1.807) is 0 Å². The molecule has 2 atom stereocenters. The number of nitrogens with two attached hydrogens (primary N) is 1. The molecule has 2 unspecified atom stereocenters. The van der Waals surface area contributed by atoms with Gasteiger partial charge in [0.25, 0.3) is 0 Å². The zero-order chi connectivity index (χ0) is 14.7. The second kappa shape index (κ2) is 7.10. The average molecular weight is 293 g/mol. The third kappa shape index (κ3) is 3.78. The molecule has 2 aliphatic carbocycles. The van der Waals surface area contributed by atoms with E-state index in [9.17, 15) is 4.79 Å². The largest absolute Gasteiger partial charge is 0.341 e. The Morgan fingerprint density at radius 3 is 2.43 bits per heavy atom. The first kappa shape index (κ1) is 15.3. The average Bonchev–Trinajstić information content (AvgIpc) is 2.91. The normalized spacial score (nSPS) is 33.1. The van der Waals surface area contributed by atoms with Crippen LogP contribution in [0, 0.1) is 5.92 Å². The summed E-state index contributed by atoms with van der Waals surface area (Å²) in [4.78, 5) is 17.5. The summed E-state index contributed by atoms with van der Waals surface area (Å²) in [5, 5.41) is 0. The molecule has 0 spiro atoms. The predicted octanol–water partition coefficient (Wildman–Crippen LogP) is 1.98. The van der Waals surface area contributed by atoms with Gasteiger partial charge in [-0.25, -0.2) is 0 Å². The van der Waals surface area contributed by atoms with Gasteiger partial charge in [0, 0.05) is 44.2 Å². The molecule has 2 N–H and O–H groups in total. The molecule has 3 rings (SSSR count). The fourth-order valence-corrected chi connectivity index (χ4v) is 4.50. The molecule has 0 aromatic carbocycles. The van der Waals surface area contributed by atoms with Gasteiger partial charge in [0.15, 0.2) is 0 Å². The number of carbonyl (C=O) groups excluding carboxylic acids is 1. The highest BCUT2D eigenvalue weighted by molar-refractivity contribution is 5.79. The highest BCUT2D eigenvalue weighted by atomic mass is 16.2. The Bertz CT molecular complexity index is 354. The van der Waals surface area contributed by atoms with Crippen molar-refractivity contribution in [3.05, 3.63) is 0 Å². The van der Waals surface area contributed by atoms with Crippen molar-refractivity contribution in [1.82, 2.24) is 9.80 Å². The Morgan fingerprint density at radius 2 is 1.67 bits per heavy atom. The van der Waals surface area contributed by atoms with Crippen LogP contribution in [-0.2, 0) is 4.79 Å². The Balaban J connectivity index is 1.53. The van der Waals surface area contributed by atoms with Crippen molar-refractivity contribution in [2.45, 2.75) is 69.9 Å². The molecule has 4 heteroatoms. The van der Waals surface area contributed by atoms with Gasteiger partial charge in [0.1, 0.15) is 0 Å². The van der Waals surface area contributed by atoms with E-state index in [0.717, 1.165) is 57.8 Å². The van der Waals surface area contributed by atoms with Crippen LogP contribution in [0.1, 0.15) is 57.8 Å². The Kier molecular flexibility index (Phi) is 5.17. The van der Waals surface area contributed by atoms with E-state index in [0.29, 0.717) is 5.91 Å². The first-order valence-electron chi connectivity index (χ1n) is 9.02. The lowest BCUT2D eigenvalue weighted by Gasteiger charge is -2.31. The number of amides is 1. The summed E-state index contributed by atoms with van der Waals surface area (Å²) < 4.78 is 0. The molecule has 4 nitrogen and oxygen atoms in total. The maximum Gasteiger partial charge on any atom is 0.225 e. The van der Waals surface area contributed by atoms with Gasteiger partial charge in [-0.05, 0) is 38.5 Å². The van der Waals surface area contributed by atoms with Gasteiger partial charge >= 0.3 is 0 Å². The number of nitrogens with zero attached hydrogens (tertiary/aromatic N) is 2. The molecule has 1 heterocycles. The Labute approximate surface area is 129 Å². The summed E-state index contributed by atoms with van der Waals surface area (Å²) in [6.45, 7) is 4.14. The van der Waals surface area contributed by atoms with E-state index in [-0.39, 0.29) is 12.0 Å². The number of rotatable bonds is 2. The van der Waals surface area contributed by atoms with Crippen molar-refractivity contribution in [3.63, 3.8) is 0 Å². The smallest absolute Gasteiger partial charge is 0.225 e. The van der Waals surface area contributed by atoms with Crippen LogP contribution < -0.4 is 5.73 Å². The molecule has 2 saturated carbocycles. The van der Waals surface area contributed by atoms with Crippen LogP contribution in [0.5, 0.6) is 0 Å². The molecule has 1 aliphatic heterocycles. The van der Waals surface area contributed by atoms with Crippen molar-refractivity contribution < 1.29 is 4.79 Å². The zero-order valence-corrected chi connectivity index (χ0v) is 13.3. The van der Waals surface area contributed by atoms with E-state index in [1.165, 1.54) is 32.2 Å². The second-order valence-electron chi connectivity index (χ2n) is 7.28. The van der Waals surface area contributed by atoms with Crippen LogP contribution in [0.25, 0.3) is 0 Å². The molecule has 0 bridgehead atoms. The maximum atomic E-state index is 12.7. The highest BCUT2D eigenvalue weighted by Crippen LogP contribution is 2.27. The fourth-order valence-electron chi connectivity index (χ4n) is 4.50. The van der Waals surface area contributed by atoms with Crippen LogP contribution in [0.4, 0.5) is 0 Å². The standard InChI is InChI=1S/C17H31N3O/c18-15-6-3-5-14(13-15)17(21)20-10-4-9-19(11-12-20)16-7-1-2-8-16/h14-16H,1-13,18H2. The molecule has 0 aromatic heterocycles. The molecule has 0 radical (unpaired) electrons. The molecular weight excluding hydrogens is 262 g/mol. The quantitative estimate of drug-likeness (QED) is 0.847. The van der Waals surface area contributed by atoms with E-state index in [1.807, 2.05) is 0 Å². The minimum Gasteiger partial charge on any atom is -0.341 e. The molecule has 1 amide bonds. The zero-order valence-electron chi connectivity index (χ0n) is 13.3.